The molecular weight excluding hydrogens is 448 g/mol. The molecule has 4 aliphatic rings. The van der Waals surface area contributed by atoms with Gasteiger partial charge >= 0.3 is 0 Å². The van der Waals surface area contributed by atoms with Gasteiger partial charge in [-0.15, -0.1) is 0 Å². The summed E-state index contributed by atoms with van der Waals surface area (Å²) in [6.07, 6.45) is 3.99. The second kappa shape index (κ2) is 7.99. The van der Waals surface area contributed by atoms with Gasteiger partial charge in [0, 0.05) is 30.9 Å². The predicted molar refractivity (Wildman–Crippen MR) is 141 cm³/mol. The van der Waals surface area contributed by atoms with E-state index in [2.05, 4.69) is 77.5 Å². The summed E-state index contributed by atoms with van der Waals surface area (Å²) < 4.78 is 6.72. The Morgan fingerprint density at radius 3 is 2.53 bits per heavy atom. The van der Waals surface area contributed by atoms with E-state index < -0.39 is 11.0 Å². The Morgan fingerprint density at radius 2 is 1.75 bits per heavy atom. The molecule has 1 saturated carbocycles. The number of hydrogen-bond acceptors (Lipinski definition) is 5. The minimum Gasteiger partial charge on any atom is -0.504 e. The van der Waals surface area contributed by atoms with Gasteiger partial charge in [-0.1, -0.05) is 54.6 Å². The lowest BCUT2D eigenvalue weighted by molar-refractivity contribution is -0.188. The molecule has 0 radical (unpaired) electrons. The molecule has 3 aromatic rings. The van der Waals surface area contributed by atoms with Gasteiger partial charge in [-0.3, -0.25) is 4.90 Å². The van der Waals surface area contributed by atoms with Crippen LogP contribution in [0.4, 0.5) is 5.69 Å². The Morgan fingerprint density at radius 1 is 1.00 bits per heavy atom. The lowest BCUT2D eigenvalue weighted by Crippen LogP contribution is -2.78. The molecule has 2 fully saturated rings. The summed E-state index contributed by atoms with van der Waals surface area (Å²) in [5.41, 5.74) is 3.42. The number of phenols is 1. The Labute approximate surface area is 212 Å². The van der Waals surface area contributed by atoms with Gasteiger partial charge in [0.25, 0.3) is 0 Å². The van der Waals surface area contributed by atoms with Crippen LogP contribution in [0.2, 0.25) is 0 Å². The molecule has 0 amide bonds. The van der Waals surface area contributed by atoms with Gasteiger partial charge in [0.05, 0.1) is 17.1 Å². The summed E-state index contributed by atoms with van der Waals surface area (Å²) in [6.45, 7) is 1.86. The molecule has 5 heteroatoms. The maximum atomic E-state index is 12.7. The highest BCUT2D eigenvalue weighted by Crippen LogP contribution is 2.65. The third kappa shape index (κ3) is 2.90. The minimum atomic E-state index is -0.882. The van der Waals surface area contributed by atoms with Crippen molar-refractivity contribution in [3.8, 4) is 11.5 Å². The monoisotopic (exact) mass is 482 g/mol. The number of hydrogen-bond donors (Lipinski definition) is 2. The maximum absolute atomic E-state index is 12.7. The van der Waals surface area contributed by atoms with Crippen molar-refractivity contribution in [3.63, 3.8) is 0 Å². The average Bonchev–Trinajstić information content (AvgIpc) is 3.26. The zero-order valence-corrected chi connectivity index (χ0v) is 20.8. The first kappa shape index (κ1) is 22.2. The number of phenolic OH excluding ortho intramolecular Hbond substituents is 1. The molecule has 5 nitrogen and oxygen atoms in total. The highest BCUT2D eigenvalue weighted by molar-refractivity contribution is 5.63. The van der Waals surface area contributed by atoms with E-state index in [1.54, 1.807) is 6.07 Å². The molecule has 2 heterocycles. The van der Waals surface area contributed by atoms with Gasteiger partial charge in [-0.05, 0) is 68.0 Å². The second-order valence-electron chi connectivity index (χ2n) is 11.2. The first-order chi connectivity index (χ1) is 17.5. The van der Waals surface area contributed by atoms with Crippen LogP contribution in [0.15, 0.2) is 72.8 Å². The number of aromatic hydroxyl groups is 1. The molecule has 0 aromatic heterocycles. The smallest absolute Gasteiger partial charge is 0.165 e. The Balaban J connectivity index is 1.29. The van der Waals surface area contributed by atoms with Crippen molar-refractivity contribution in [1.29, 1.82) is 0 Å². The van der Waals surface area contributed by atoms with E-state index in [0.717, 1.165) is 56.4 Å². The summed E-state index contributed by atoms with van der Waals surface area (Å²) in [4.78, 5) is 4.86. The standard InChI is InChI=1S/C31H34N2O3/c1-32(23-10-6-3-7-11-23)24-14-16-31(35)26-20-22-12-13-25(34)28-27(22)30(31,29(24)36-28)17-19-33(26)18-15-21-8-4-2-5-9-21/h2-13,24,26,29,34-35H,14-20H2,1H3/t24?,26-,29?,30+,31-/m1/s1. The van der Waals surface area contributed by atoms with Gasteiger partial charge in [-0.25, -0.2) is 0 Å². The number of benzene rings is 3. The molecular formula is C31H34N2O3. The third-order valence-corrected chi connectivity index (χ3v) is 9.73. The van der Waals surface area contributed by atoms with E-state index in [4.69, 9.17) is 4.74 Å². The molecule has 1 saturated heterocycles. The van der Waals surface area contributed by atoms with Gasteiger partial charge < -0.3 is 19.8 Å². The van der Waals surface area contributed by atoms with Crippen LogP contribution in [-0.4, -0.2) is 59.0 Å². The lowest BCUT2D eigenvalue weighted by Gasteiger charge is -2.64. The quantitative estimate of drug-likeness (QED) is 0.568. The Kier molecular flexibility index (Phi) is 4.93. The zero-order chi connectivity index (χ0) is 24.5. The topological polar surface area (TPSA) is 56.2 Å². The normalized spacial score (nSPS) is 32.0. The van der Waals surface area contributed by atoms with Crippen LogP contribution in [0.25, 0.3) is 0 Å². The van der Waals surface area contributed by atoms with Gasteiger partial charge in [0.15, 0.2) is 11.5 Å². The van der Waals surface area contributed by atoms with Crippen LogP contribution in [0.3, 0.4) is 0 Å². The molecule has 1 spiro atoms. The van der Waals surface area contributed by atoms with E-state index in [1.165, 1.54) is 11.1 Å². The molecule has 2 aliphatic carbocycles. The van der Waals surface area contributed by atoms with E-state index in [0.29, 0.717) is 5.75 Å². The molecule has 5 atom stereocenters. The van der Waals surface area contributed by atoms with Crippen molar-refractivity contribution < 1.29 is 14.9 Å². The predicted octanol–water partition coefficient (Wildman–Crippen LogP) is 4.29. The highest BCUT2D eigenvalue weighted by atomic mass is 16.5. The number of ether oxygens (including phenoxy) is 1. The van der Waals surface area contributed by atoms with Crippen LogP contribution in [0, 0.1) is 0 Å². The van der Waals surface area contributed by atoms with Crippen LogP contribution < -0.4 is 9.64 Å². The molecule has 3 aromatic carbocycles. The fourth-order valence-electron chi connectivity index (χ4n) is 8.04. The Bertz CT molecular complexity index is 1280. The number of piperidine rings is 1. The van der Waals surface area contributed by atoms with E-state index >= 15 is 0 Å². The second-order valence-corrected chi connectivity index (χ2v) is 11.2. The number of likely N-dealkylation sites (N-methyl/N-ethyl adjacent to an activating group) is 1. The van der Waals surface area contributed by atoms with Gasteiger partial charge in [0.2, 0.25) is 0 Å². The number of likely N-dealkylation sites (tertiary alicyclic amines) is 1. The zero-order valence-electron chi connectivity index (χ0n) is 20.8. The number of rotatable bonds is 5. The van der Waals surface area contributed by atoms with Crippen molar-refractivity contribution >= 4 is 5.69 Å². The van der Waals surface area contributed by atoms with Crippen LogP contribution in [0.1, 0.15) is 36.0 Å². The molecule has 2 unspecified atom stereocenters. The molecule has 7 rings (SSSR count). The summed E-state index contributed by atoms with van der Waals surface area (Å²) >= 11 is 0. The number of anilines is 1. The van der Waals surface area contributed by atoms with Crippen molar-refractivity contribution in [2.45, 2.75) is 61.3 Å². The Hall–Kier alpha value is -3.02. The molecule has 2 aliphatic heterocycles. The van der Waals surface area contributed by atoms with Crippen molar-refractivity contribution in [2.75, 3.05) is 25.0 Å². The number of aliphatic hydroxyl groups is 1. The summed E-state index contributed by atoms with van der Waals surface area (Å²) in [7, 11) is 2.14. The summed E-state index contributed by atoms with van der Waals surface area (Å²) in [5.74, 6) is 0.811. The van der Waals surface area contributed by atoms with Gasteiger partial charge in [-0.2, -0.15) is 0 Å². The van der Waals surface area contributed by atoms with E-state index in [-0.39, 0.29) is 23.9 Å². The third-order valence-electron chi connectivity index (χ3n) is 9.73. The number of nitrogens with zero attached hydrogens (tertiary/aromatic N) is 2. The maximum Gasteiger partial charge on any atom is 0.165 e. The van der Waals surface area contributed by atoms with E-state index in [9.17, 15) is 10.2 Å². The van der Waals surface area contributed by atoms with Crippen molar-refractivity contribution in [1.82, 2.24) is 4.90 Å². The fourth-order valence-corrected chi connectivity index (χ4v) is 8.04. The minimum absolute atomic E-state index is 0.0482. The lowest BCUT2D eigenvalue weighted by atomic mass is 9.48. The van der Waals surface area contributed by atoms with Crippen LogP contribution in [0.5, 0.6) is 11.5 Å². The van der Waals surface area contributed by atoms with Gasteiger partial charge in [0.1, 0.15) is 6.10 Å². The molecule has 186 valence electrons. The largest absolute Gasteiger partial charge is 0.504 e. The molecule has 2 N–H and O–H groups in total. The summed E-state index contributed by atoms with van der Waals surface area (Å²) in [5, 5.41) is 23.6. The summed E-state index contributed by atoms with van der Waals surface area (Å²) in [6, 6.07) is 25.1. The van der Waals surface area contributed by atoms with Crippen LogP contribution >= 0.6 is 0 Å². The fraction of sp³-hybridized carbons (Fsp3) is 0.419. The first-order valence-corrected chi connectivity index (χ1v) is 13.3. The average molecular weight is 483 g/mol. The molecule has 2 bridgehead atoms. The van der Waals surface area contributed by atoms with E-state index in [1.807, 2.05) is 6.07 Å². The molecule has 36 heavy (non-hydrogen) atoms. The SMILES string of the molecule is CN(c1ccccc1)C1CC[C@@]2(O)[C@H]3Cc4ccc(O)c5c4[C@@]2(CCN3CCc2ccccc2)C1O5. The first-order valence-electron chi connectivity index (χ1n) is 13.3. The van der Waals surface area contributed by atoms with Crippen molar-refractivity contribution in [2.24, 2.45) is 0 Å². The number of para-hydroxylation sites is 1. The van der Waals surface area contributed by atoms with Crippen LogP contribution in [-0.2, 0) is 18.3 Å². The van der Waals surface area contributed by atoms with Crippen molar-refractivity contribution in [3.05, 3.63) is 89.5 Å². The highest BCUT2D eigenvalue weighted by Gasteiger charge is 2.73.